The van der Waals surface area contributed by atoms with Gasteiger partial charge >= 0.3 is 0 Å². The topological polar surface area (TPSA) is 98.0 Å². The molecular formula is C22H24ClN5O3. The molecule has 0 unspecified atom stereocenters. The highest BCUT2D eigenvalue weighted by atomic mass is 35.5. The molecule has 0 radical (unpaired) electrons. The van der Waals surface area contributed by atoms with E-state index in [0.717, 1.165) is 30.6 Å². The van der Waals surface area contributed by atoms with Crippen LogP contribution in [0.4, 0.5) is 0 Å². The zero-order chi connectivity index (χ0) is 20.7. The van der Waals surface area contributed by atoms with E-state index in [1.807, 2.05) is 24.3 Å². The zero-order valence-electron chi connectivity index (χ0n) is 16.9. The molecule has 31 heavy (non-hydrogen) atoms. The van der Waals surface area contributed by atoms with Gasteiger partial charge in [-0.05, 0) is 37.1 Å². The van der Waals surface area contributed by atoms with Crippen molar-refractivity contribution in [2.45, 2.75) is 25.4 Å². The number of fused-ring (bicyclic) bond motifs is 5. The average molecular weight is 442 g/mol. The van der Waals surface area contributed by atoms with Crippen LogP contribution in [0.3, 0.4) is 0 Å². The summed E-state index contributed by atoms with van der Waals surface area (Å²) in [6, 6.07) is 10.8. The van der Waals surface area contributed by atoms with Crippen LogP contribution in [-0.2, 0) is 13.1 Å². The first-order chi connectivity index (χ1) is 14.6. The molecule has 0 saturated carbocycles. The van der Waals surface area contributed by atoms with E-state index < -0.39 is 5.91 Å². The number of carbonyl (C=O) groups is 1. The molecule has 162 valence electrons. The molecule has 1 fully saturated rings. The highest BCUT2D eigenvalue weighted by Gasteiger charge is 2.31. The smallest absolute Gasteiger partial charge is 0.274 e. The van der Waals surface area contributed by atoms with Crippen molar-refractivity contribution in [1.29, 1.82) is 0 Å². The minimum Gasteiger partial charge on any atom is -0.350 e. The van der Waals surface area contributed by atoms with Gasteiger partial charge in [-0.3, -0.25) is 14.4 Å². The lowest BCUT2D eigenvalue weighted by molar-refractivity contribution is 0.0949. The molecule has 2 aliphatic rings. The molecule has 2 bridgehead atoms. The number of piperidine rings is 1. The maximum absolute atomic E-state index is 12.9. The number of hydrogen-bond acceptors (Lipinski definition) is 5. The fourth-order valence-corrected chi connectivity index (χ4v) is 4.62. The Hall–Kier alpha value is -2.97. The molecule has 2 atom stereocenters. The number of aromatic nitrogens is 3. The Balaban J connectivity index is 0.00000231. The molecule has 4 heterocycles. The highest BCUT2D eigenvalue weighted by Crippen LogP contribution is 2.31. The molecule has 1 aromatic carbocycles. The van der Waals surface area contributed by atoms with E-state index in [2.05, 4.69) is 15.7 Å². The van der Waals surface area contributed by atoms with Gasteiger partial charge in [-0.25, -0.2) is 4.68 Å². The lowest BCUT2D eigenvalue weighted by Gasteiger charge is -2.37. The van der Waals surface area contributed by atoms with Crippen LogP contribution in [0.2, 0.25) is 0 Å². The maximum Gasteiger partial charge on any atom is 0.274 e. The molecule has 0 aliphatic carbocycles. The number of nitrogens with zero attached hydrogens (tertiary/aromatic N) is 3. The molecule has 1 amide bonds. The van der Waals surface area contributed by atoms with E-state index in [1.54, 1.807) is 22.9 Å². The molecule has 5 rings (SSSR count). The third kappa shape index (κ3) is 3.88. The average Bonchev–Trinajstić information content (AvgIpc) is 2.76. The molecule has 8 nitrogen and oxygen atoms in total. The lowest BCUT2D eigenvalue weighted by atomic mass is 9.84. The summed E-state index contributed by atoms with van der Waals surface area (Å²) in [6.07, 6.45) is 2.73. The quantitative estimate of drug-likeness (QED) is 0.632. The second-order valence-electron chi connectivity index (χ2n) is 8.06. The maximum atomic E-state index is 12.9. The summed E-state index contributed by atoms with van der Waals surface area (Å²) in [5.74, 6) is 0.337. The standard InChI is InChI=1S/C22H23N5O3.ClH/c28-20(24-7-8-27-22(30)17-4-2-1-3-15(17)12-25-27)18-5-6-19-16-9-14(10-23-11-16)13-26(19)21(18)29;/h1-6,12,14,16,23H,7-11,13H2,(H,24,28);1H/t14-,16+;/m0./s1. The molecule has 2 N–H and O–H groups in total. The van der Waals surface area contributed by atoms with E-state index in [1.165, 1.54) is 4.68 Å². The summed E-state index contributed by atoms with van der Waals surface area (Å²) in [5.41, 5.74) is 0.719. The van der Waals surface area contributed by atoms with Crippen LogP contribution in [-0.4, -0.2) is 39.9 Å². The number of hydrogen-bond donors (Lipinski definition) is 2. The van der Waals surface area contributed by atoms with Gasteiger partial charge in [-0.2, -0.15) is 5.10 Å². The molecule has 9 heteroatoms. The summed E-state index contributed by atoms with van der Waals surface area (Å²) in [6.45, 7) is 2.87. The fraction of sp³-hybridized carbons (Fsp3) is 0.364. The number of pyridine rings is 1. The molecule has 2 aliphatic heterocycles. The summed E-state index contributed by atoms with van der Waals surface area (Å²) < 4.78 is 3.10. The van der Waals surface area contributed by atoms with Gasteiger partial charge in [0.25, 0.3) is 17.0 Å². The van der Waals surface area contributed by atoms with Crippen LogP contribution in [0.1, 0.15) is 28.4 Å². The number of nitrogens with one attached hydrogen (secondary N) is 2. The van der Waals surface area contributed by atoms with Crippen molar-refractivity contribution in [3.8, 4) is 0 Å². The number of halogens is 1. The Kier molecular flexibility index (Phi) is 5.93. The first-order valence-electron chi connectivity index (χ1n) is 10.3. The minimum atomic E-state index is -0.419. The van der Waals surface area contributed by atoms with Crippen LogP contribution in [0.25, 0.3) is 10.8 Å². The molecular weight excluding hydrogens is 418 g/mol. The Labute approximate surface area is 184 Å². The lowest BCUT2D eigenvalue weighted by Crippen LogP contribution is -2.46. The van der Waals surface area contributed by atoms with Gasteiger partial charge in [0, 0.05) is 36.6 Å². The van der Waals surface area contributed by atoms with Crippen molar-refractivity contribution in [2.75, 3.05) is 19.6 Å². The van der Waals surface area contributed by atoms with Gasteiger partial charge in [-0.15, -0.1) is 12.4 Å². The van der Waals surface area contributed by atoms with Crippen LogP contribution in [0.15, 0.2) is 52.2 Å². The van der Waals surface area contributed by atoms with Gasteiger partial charge in [0.1, 0.15) is 5.56 Å². The third-order valence-corrected chi connectivity index (χ3v) is 6.12. The Bertz CT molecular complexity index is 1250. The second kappa shape index (κ2) is 8.64. The van der Waals surface area contributed by atoms with Crippen LogP contribution < -0.4 is 21.8 Å². The van der Waals surface area contributed by atoms with E-state index >= 15 is 0 Å². The van der Waals surface area contributed by atoms with Gasteiger partial charge < -0.3 is 15.2 Å². The van der Waals surface area contributed by atoms with Gasteiger partial charge in [0.15, 0.2) is 0 Å². The molecule has 0 spiro atoms. The van der Waals surface area contributed by atoms with Crippen molar-refractivity contribution >= 4 is 29.1 Å². The molecule has 3 aromatic rings. The largest absolute Gasteiger partial charge is 0.350 e. The monoisotopic (exact) mass is 441 g/mol. The number of amides is 1. The predicted molar refractivity (Wildman–Crippen MR) is 120 cm³/mol. The first-order valence-corrected chi connectivity index (χ1v) is 10.3. The molecule has 2 aromatic heterocycles. The van der Waals surface area contributed by atoms with Crippen LogP contribution in [0.5, 0.6) is 0 Å². The van der Waals surface area contributed by atoms with E-state index in [4.69, 9.17) is 0 Å². The highest BCUT2D eigenvalue weighted by molar-refractivity contribution is 5.93. The summed E-state index contributed by atoms with van der Waals surface area (Å²) in [5, 5.41) is 11.7. The van der Waals surface area contributed by atoms with E-state index in [0.29, 0.717) is 23.8 Å². The van der Waals surface area contributed by atoms with Crippen LogP contribution in [0, 0.1) is 5.92 Å². The number of benzene rings is 1. The van der Waals surface area contributed by atoms with Crippen molar-refractivity contribution in [3.05, 3.63) is 74.6 Å². The zero-order valence-corrected chi connectivity index (χ0v) is 17.7. The minimum absolute atomic E-state index is 0. The van der Waals surface area contributed by atoms with Gasteiger partial charge in [0.05, 0.1) is 18.1 Å². The summed E-state index contributed by atoms with van der Waals surface area (Å²) in [7, 11) is 0. The second-order valence-corrected chi connectivity index (χ2v) is 8.06. The first kappa shape index (κ1) is 21.3. The van der Waals surface area contributed by atoms with Gasteiger partial charge in [-0.1, -0.05) is 18.2 Å². The van der Waals surface area contributed by atoms with Gasteiger partial charge in [0.2, 0.25) is 0 Å². The van der Waals surface area contributed by atoms with Crippen molar-refractivity contribution < 1.29 is 4.79 Å². The third-order valence-electron chi connectivity index (χ3n) is 6.12. The van der Waals surface area contributed by atoms with Crippen LogP contribution >= 0.6 is 12.4 Å². The van der Waals surface area contributed by atoms with Crippen molar-refractivity contribution in [1.82, 2.24) is 25.0 Å². The Morgan fingerprint density at radius 1 is 1.13 bits per heavy atom. The number of rotatable bonds is 4. The summed E-state index contributed by atoms with van der Waals surface area (Å²) >= 11 is 0. The van der Waals surface area contributed by atoms with E-state index in [9.17, 15) is 14.4 Å². The normalized spacial score (nSPS) is 19.4. The summed E-state index contributed by atoms with van der Waals surface area (Å²) in [4.78, 5) is 38.1. The number of carbonyl (C=O) groups excluding carboxylic acids is 1. The fourth-order valence-electron chi connectivity index (χ4n) is 4.62. The SMILES string of the molecule is Cl.O=C(NCCn1ncc2ccccc2c1=O)c1ccc2n(c1=O)C[C@@H]1CNC[C@H]2C1. The van der Waals surface area contributed by atoms with E-state index in [-0.39, 0.29) is 42.2 Å². The Morgan fingerprint density at radius 2 is 1.97 bits per heavy atom. The van der Waals surface area contributed by atoms with Crippen molar-refractivity contribution in [3.63, 3.8) is 0 Å². The Morgan fingerprint density at radius 3 is 2.84 bits per heavy atom. The molecule has 1 saturated heterocycles. The van der Waals surface area contributed by atoms with Crippen molar-refractivity contribution in [2.24, 2.45) is 5.92 Å². The predicted octanol–water partition coefficient (Wildman–Crippen LogP) is 1.12.